The standard InChI is InChI=1S/C28H40FN3O4/c1-6-32-23-16-22(31-11-13-34-14-12-31)20(29)15-21(23)30-25-24(17(2)35-26(25)32)27(33)36-19-9-7-18(8-10-19)28(3,4)5/h15-16,18-19,25-26,30H,6-14H2,1-5H3/t18?,19?,25-,26+/m1/s1. The Morgan fingerprint density at radius 2 is 1.83 bits per heavy atom. The van der Waals surface area contributed by atoms with E-state index in [2.05, 4.69) is 31.0 Å². The Morgan fingerprint density at radius 1 is 1.14 bits per heavy atom. The van der Waals surface area contributed by atoms with Crippen LogP contribution < -0.4 is 15.1 Å². The monoisotopic (exact) mass is 501 g/mol. The van der Waals surface area contributed by atoms with E-state index in [9.17, 15) is 4.79 Å². The highest BCUT2D eigenvalue weighted by Gasteiger charge is 2.47. The largest absolute Gasteiger partial charge is 0.472 e. The van der Waals surface area contributed by atoms with Gasteiger partial charge in [0.1, 0.15) is 29.3 Å². The average molecular weight is 502 g/mol. The minimum absolute atomic E-state index is 0.0675. The van der Waals surface area contributed by atoms with Crippen molar-refractivity contribution in [2.45, 2.75) is 78.7 Å². The maximum absolute atomic E-state index is 15.2. The van der Waals surface area contributed by atoms with Crippen LogP contribution in [0.3, 0.4) is 0 Å². The number of nitrogens with zero attached hydrogens (tertiary/aromatic N) is 2. The van der Waals surface area contributed by atoms with E-state index in [0.29, 0.717) is 61.5 Å². The van der Waals surface area contributed by atoms with Crippen molar-refractivity contribution in [2.24, 2.45) is 11.3 Å². The number of hydrogen-bond donors (Lipinski definition) is 1. The van der Waals surface area contributed by atoms with Crippen LogP contribution in [0, 0.1) is 17.2 Å². The Morgan fingerprint density at radius 3 is 2.47 bits per heavy atom. The molecule has 1 aromatic rings. The van der Waals surface area contributed by atoms with Crippen molar-refractivity contribution >= 4 is 23.0 Å². The summed E-state index contributed by atoms with van der Waals surface area (Å²) in [7, 11) is 0. The van der Waals surface area contributed by atoms with Crippen LogP contribution in [0.1, 0.15) is 60.3 Å². The van der Waals surface area contributed by atoms with Crippen LogP contribution in [0.15, 0.2) is 23.5 Å². The number of allylic oxidation sites excluding steroid dienone is 1. The van der Waals surface area contributed by atoms with Crippen LogP contribution in [0.5, 0.6) is 0 Å². The van der Waals surface area contributed by atoms with Crippen molar-refractivity contribution in [1.82, 2.24) is 0 Å². The van der Waals surface area contributed by atoms with Crippen molar-refractivity contribution in [2.75, 3.05) is 48.0 Å². The molecule has 0 unspecified atom stereocenters. The third-order valence-corrected chi connectivity index (χ3v) is 8.35. The summed E-state index contributed by atoms with van der Waals surface area (Å²) in [5, 5.41) is 3.41. The number of likely N-dealkylation sites (N-methyl/N-ethyl adjacent to an activating group) is 1. The van der Waals surface area contributed by atoms with Gasteiger partial charge >= 0.3 is 5.97 Å². The number of hydrogen-bond acceptors (Lipinski definition) is 7. The highest BCUT2D eigenvalue weighted by Crippen LogP contribution is 2.44. The molecule has 1 N–H and O–H groups in total. The van der Waals surface area contributed by atoms with Crippen molar-refractivity contribution in [3.8, 4) is 0 Å². The molecule has 1 saturated carbocycles. The summed E-state index contributed by atoms with van der Waals surface area (Å²) in [4.78, 5) is 17.5. The van der Waals surface area contributed by atoms with Gasteiger partial charge in [-0.25, -0.2) is 9.18 Å². The Bertz CT molecular complexity index is 1020. The zero-order valence-electron chi connectivity index (χ0n) is 22.2. The maximum atomic E-state index is 15.2. The summed E-state index contributed by atoms with van der Waals surface area (Å²) in [6, 6.07) is 3.03. The molecule has 0 aromatic heterocycles. The molecule has 1 saturated heterocycles. The van der Waals surface area contributed by atoms with E-state index in [-0.39, 0.29) is 29.5 Å². The number of ether oxygens (including phenoxy) is 3. The molecule has 1 aromatic carbocycles. The van der Waals surface area contributed by atoms with E-state index in [4.69, 9.17) is 14.2 Å². The van der Waals surface area contributed by atoms with Gasteiger partial charge in [-0.2, -0.15) is 0 Å². The van der Waals surface area contributed by atoms with Gasteiger partial charge in [-0.1, -0.05) is 20.8 Å². The fourth-order valence-electron chi connectivity index (χ4n) is 6.20. The molecule has 8 heteroatoms. The molecule has 0 bridgehead atoms. The molecule has 1 aliphatic carbocycles. The molecule has 3 aliphatic heterocycles. The number of carbonyl (C=O) groups excluding carboxylic acids is 1. The number of anilines is 3. The molecule has 198 valence electrons. The van der Waals surface area contributed by atoms with Gasteiger partial charge in [0.15, 0.2) is 6.23 Å². The zero-order chi connectivity index (χ0) is 25.6. The van der Waals surface area contributed by atoms with Crippen LogP contribution in [-0.4, -0.2) is 57.2 Å². The molecule has 0 amide bonds. The molecule has 7 nitrogen and oxygen atoms in total. The van der Waals surface area contributed by atoms with Gasteiger partial charge in [0, 0.05) is 25.7 Å². The zero-order valence-corrected chi connectivity index (χ0v) is 22.2. The summed E-state index contributed by atoms with van der Waals surface area (Å²) in [6.07, 6.45) is 3.47. The number of benzene rings is 1. The molecule has 3 heterocycles. The topological polar surface area (TPSA) is 63.3 Å². The highest BCUT2D eigenvalue weighted by atomic mass is 19.1. The van der Waals surface area contributed by atoms with E-state index in [1.807, 2.05) is 24.8 Å². The second-order valence-electron chi connectivity index (χ2n) is 11.6. The highest BCUT2D eigenvalue weighted by molar-refractivity contribution is 5.93. The quantitative estimate of drug-likeness (QED) is 0.579. The first kappa shape index (κ1) is 25.2. The molecule has 0 spiro atoms. The average Bonchev–Trinajstić information content (AvgIpc) is 3.17. The predicted octanol–water partition coefficient (Wildman–Crippen LogP) is 5.06. The van der Waals surface area contributed by atoms with E-state index < -0.39 is 6.04 Å². The van der Waals surface area contributed by atoms with Gasteiger partial charge in [0.2, 0.25) is 0 Å². The number of esters is 1. The maximum Gasteiger partial charge on any atom is 0.340 e. The minimum atomic E-state index is -0.412. The van der Waals surface area contributed by atoms with E-state index in [1.54, 1.807) is 6.07 Å². The van der Waals surface area contributed by atoms with Gasteiger partial charge < -0.3 is 29.3 Å². The normalized spacial score (nSPS) is 28.3. The van der Waals surface area contributed by atoms with Crippen LogP contribution in [0.2, 0.25) is 0 Å². The Hall–Kier alpha value is -2.48. The van der Waals surface area contributed by atoms with Gasteiger partial charge in [-0.15, -0.1) is 0 Å². The molecule has 2 fully saturated rings. The van der Waals surface area contributed by atoms with Crippen LogP contribution in [-0.2, 0) is 19.0 Å². The number of carbonyl (C=O) groups is 1. The van der Waals surface area contributed by atoms with Gasteiger partial charge in [0.25, 0.3) is 0 Å². The Kier molecular flexibility index (Phi) is 6.83. The predicted molar refractivity (Wildman–Crippen MR) is 139 cm³/mol. The Labute approximate surface area is 213 Å². The second-order valence-corrected chi connectivity index (χ2v) is 11.6. The van der Waals surface area contributed by atoms with E-state index in [0.717, 1.165) is 31.4 Å². The summed E-state index contributed by atoms with van der Waals surface area (Å²) < 4.78 is 32.9. The van der Waals surface area contributed by atoms with Crippen molar-refractivity contribution in [3.05, 3.63) is 29.3 Å². The van der Waals surface area contributed by atoms with Crippen molar-refractivity contribution < 1.29 is 23.4 Å². The first-order valence-corrected chi connectivity index (χ1v) is 13.4. The number of rotatable bonds is 4. The van der Waals surface area contributed by atoms with Gasteiger partial charge in [0.05, 0.1) is 30.3 Å². The SMILES string of the molecule is CCN1c2cc(N3CCOCC3)c(F)cc2N[C@@H]2C(C(=O)OC3CCC(C(C)(C)C)CC3)=C(C)O[C@@H]21. The lowest BCUT2D eigenvalue weighted by atomic mass is 9.72. The summed E-state index contributed by atoms with van der Waals surface area (Å²) >= 11 is 0. The Balaban J connectivity index is 1.33. The lowest BCUT2D eigenvalue weighted by molar-refractivity contribution is -0.146. The van der Waals surface area contributed by atoms with E-state index >= 15 is 4.39 Å². The summed E-state index contributed by atoms with van der Waals surface area (Å²) in [5.41, 5.74) is 2.91. The van der Waals surface area contributed by atoms with E-state index in [1.165, 1.54) is 0 Å². The fourth-order valence-corrected chi connectivity index (χ4v) is 6.20. The lowest BCUT2D eigenvalue weighted by Crippen LogP contribution is -2.51. The molecule has 2 atom stereocenters. The first-order valence-electron chi connectivity index (χ1n) is 13.4. The first-order chi connectivity index (χ1) is 17.2. The molecular weight excluding hydrogens is 461 g/mol. The third-order valence-electron chi connectivity index (χ3n) is 8.35. The molecule has 36 heavy (non-hydrogen) atoms. The molecule has 0 radical (unpaired) electrons. The fraction of sp³-hybridized carbons (Fsp3) is 0.679. The number of nitrogens with one attached hydrogen (secondary N) is 1. The minimum Gasteiger partial charge on any atom is -0.472 e. The van der Waals surface area contributed by atoms with Crippen LogP contribution >= 0.6 is 0 Å². The smallest absolute Gasteiger partial charge is 0.340 e. The van der Waals surface area contributed by atoms with Crippen molar-refractivity contribution in [3.63, 3.8) is 0 Å². The number of halogens is 1. The third kappa shape index (κ3) is 4.64. The number of fused-ring (bicyclic) bond motifs is 2. The van der Waals surface area contributed by atoms with Gasteiger partial charge in [-0.3, -0.25) is 0 Å². The van der Waals surface area contributed by atoms with Gasteiger partial charge in [-0.05, 0) is 56.9 Å². The number of morpholine rings is 1. The second kappa shape index (κ2) is 9.77. The van der Waals surface area contributed by atoms with Crippen molar-refractivity contribution in [1.29, 1.82) is 0 Å². The van der Waals surface area contributed by atoms with Crippen LogP contribution in [0.4, 0.5) is 21.5 Å². The lowest BCUT2D eigenvalue weighted by Gasteiger charge is -2.41. The molecule has 4 aliphatic rings. The summed E-state index contributed by atoms with van der Waals surface area (Å²) in [6.45, 7) is 13.9. The van der Waals surface area contributed by atoms with Crippen LogP contribution in [0.25, 0.3) is 0 Å². The molecule has 5 rings (SSSR count). The molecular formula is C28H40FN3O4. The summed E-state index contributed by atoms with van der Waals surface area (Å²) in [5.74, 6) is 0.624.